The van der Waals surface area contributed by atoms with Gasteiger partial charge >= 0.3 is 18.2 Å². The van der Waals surface area contributed by atoms with Crippen molar-refractivity contribution in [3.8, 4) is 21.7 Å². The molecule has 0 aliphatic carbocycles. The third kappa shape index (κ3) is 5.97. The van der Waals surface area contributed by atoms with Crippen LogP contribution in [-0.4, -0.2) is 51.4 Å². The van der Waals surface area contributed by atoms with E-state index in [9.17, 15) is 32.7 Å². The summed E-state index contributed by atoms with van der Waals surface area (Å²) in [6, 6.07) is 5.57. The Balaban J connectivity index is 1.92. The third-order valence-corrected chi connectivity index (χ3v) is 6.61. The molecule has 0 fully saturated rings. The minimum atomic E-state index is -4.66. The first-order valence-electron chi connectivity index (χ1n) is 12.1. The molecule has 40 heavy (non-hydrogen) atoms. The molecule has 10 nitrogen and oxygen atoms in total. The van der Waals surface area contributed by atoms with Crippen molar-refractivity contribution >= 4 is 40.1 Å². The number of benzene rings is 1. The Labute approximate surface area is 229 Å². The van der Waals surface area contributed by atoms with Crippen LogP contribution in [0.25, 0.3) is 32.6 Å². The summed E-state index contributed by atoms with van der Waals surface area (Å²) < 4.78 is 46.5. The van der Waals surface area contributed by atoms with Crippen LogP contribution in [0.4, 0.5) is 23.8 Å². The van der Waals surface area contributed by atoms with Crippen LogP contribution in [0.3, 0.4) is 0 Å². The molecular weight excluding hydrogens is 551 g/mol. The summed E-state index contributed by atoms with van der Waals surface area (Å²) in [5.74, 6) is -0.749. The van der Waals surface area contributed by atoms with Crippen LogP contribution in [0.1, 0.15) is 29.9 Å². The maximum atomic E-state index is 13.3. The molecule has 14 heteroatoms. The third-order valence-electron chi connectivity index (χ3n) is 5.74. The van der Waals surface area contributed by atoms with E-state index in [0.29, 0.717) is 23.2 Å². The molecule has 4 aromatic rings. The Morgan fingerprint density at radius 2 is 1.95 bits per heavy atom. The Hall–Kier alpha value is -4.30. The van der Waals surface area contributed by atoms with Gasteiger partial charge in [0.05, 0.1) is 18.7 Å². The Kier molecular flexibility index (Phi) is 8.49. The number of anilines is 1. The number of carbonyl (C=O) groups excluding carboxylic acids is 2. The van der Waals surface area contributed by atoms with Crippen LogP contribution in [0.15, 0.2) is 46.8 Å². The first-order valence-corrected chi connectivity index (χ1v) is 13.0. The average molecular weight is 576 g/mol. The van der Waals surface area contributed by atoms with Crippen LogP contribution >= 0.6 is 11.3 Å². The van der Waals surface area contributed by atoms with E-state index >= 15 is 0 Å². The number of carbonyl (C=O) groups is 2. The number of rotatable bonds is 8. The number of hydrogen-bond acceptors (Lipinski definition) is 8. The molecule has 0 saturated carbocycles. The number of nitrogens with zero attached hydrogens (tertiary/aromatic N) is 3. The van der Waals surface area contributed by atoms with Gasteiger partial charge in [0, 0.05) is 47.4 Å². The molecule has 3 heterocycles. The Bertz CT molecular complexity index is 1630. The molecule has 0 spiro atoms. The molecule has 2 amide bonds. The number of urea groups is 1. The first kappa shape index (κ1) is 28.7. The van der Waals surface area contributed by atoms with Gasteiger partial charge in [-0.2, -0.15) is 13.2 Å². The summed E-state index contributed by atoms with van der Waals surface area (Å²) in [5, 5.41) is 15.6. The van der Waals surface area contributed by atoms with Crippen LogP contribution in [0.5, 0.6) is 0 Å². The zero-order chi connectivity index (χ0) is 29.0. The number of amides is 2. The molecular formula is C26H24F3N5O5S. The lowest BCUT2D eigenvalue weighted by Gasteiger charge is -2.15. The highest BCUT2D eigenvalue weighted by molar-refractivity contribution is 7.13. The lowest BCUT2D eigenvalue weighted by Crippen LogP contribution is -2.28. The fourth-order valence-electron chi connectivity index (χ4n) is 3.99. The highest BCUT2D eigenvalue weighted by Gasteiger charge is 2.34. The first-order chi connectivity index (χ1) is 19.1. The number of aliphatic hydroxyl groups is 1. The van der Waals surface area contributed by atoms with Gasteiger partial charge in [-0.1, -0.05) is 6.07 Å². The molecule has 1 aromatic carbocycles. The summed E-state index contributed by atoms with van der Waals surface area (Å²) >= 11 is 0.762. The molecule has 3 N–H and O–H groups in total. The standard InChI is InChI=1S/C26H24F3N5O5S/c1-3-30-25(38)33-21-10-15(23-32-20(13-40-23)26(27,28)29)17(11-31-21)14-5-6-19-16(9-14)22(36)18(24(37)39-4-2)12-34(19)7-8-35/h5-6,9-13,35H,3-4,7-8H2,1-2H3,(H2,30,31,33,38). The molecule has 0 saturated heterocycles. The predicted octanol–water partition coefficient (Wildman–Crippen LogP) is 4.52. The monoisotopic (exact) mass is 575 g/mol. The summed E-state index contributed by atoms with van der Waals surface area (Å²) in [5.41, 5.74) is -0.514. The van der Waals surface area contributed by atoms with Crippen molar-refractivity contribution in [2.75, 3.05) is 25.1 Å². The van der Waals surface area contributed by atoms with Crippen molar-refractivity contribution in [2.24, 2.45) is 0 Å². The van der Waals surface area contributed by atoms with E-state index in [4.69, 9.17) is 4.74 Å². The second kappa shape index (κ2) is 11.8. The topological polar surface area (TPSA) is 135 Å². The molecule has 210 valence electrons. The van der Waals surface area contributed by atoms with Gasteiger partial charge in [0.1, 0.15) is 16.4 Å². The second-order valence-corrected chi connectivity index (χ2v) is 9.23. The maximum absolute atomic E-state index is 13.3. The van der Waals surface area contributed by atoms with Crippen LogP contribution < -0.4 is 16.1 Å². The molecule has 3 aromatic heterocycles. The number of aliphatic hydroxyl groups excluding tert-OH is 1. The van der Waals surface area contributed by atoms with E-state index in [1.807, 2.05) is 0 Å². The number of pyridine rings is 2. The number of hydrogen-bond donors (Lipinski definition) is 3. The molecule has 0 bridgehead atoms. The van der Waals surface area contributed by atoms with Gasteiger partial charge in [-0.25, -0.2) is 19.6 Å². The summed E-state index contributed by atoms with van der Waals surface area (Å²) in [4.78, 5) is 45.8. The van der Waals surface area contributed by atoms with Crippen molar-refractivity contribution in [3.05, 3.63) is 63.5 Å². The predicted molar refractivity (Wildman–Crippen MR) is 143 cm³/mol. The summed E-state index contributed by atoms with van der Waals surface area (Å²) in [6.07, 6.45) is -1.98. The SMILES string of the molecule is CCNC(=O)Nc1cc(-c2nc(C(F)(F)F)cs2)c(-c2ccc3c(c2)c(=O)c(C(=O)OCC)cn3CCO)cn1. The smallest absolute Gasteiger partial charge is 0.434 e. The maximum Gasteiger partial charge on any atom is 0.434 e. The molecule has 4 rings (SSSR count). The normalized spacial score (nSPS) is 11.4. The van der Waals surface area contributed by atoms with E-state index in [1.165, 1.54) is 24.5 Å². The van der Waals surface area contributed by atoms with Crippen LogP contribution in [0.2, 0.25) is 0 Å². The van der Waals surface area contributed by atoms with E-state index in [1.54, 1.807) is 30.5 Å². The van der Waals surface area contributed by atoms with Crippen molar-refractivity contribution in [2.45, 2.75) is 26.6 Å². The van der Waals surface area contributed by atoms with Crippen molar-refractivity contribution in [1.82, 2.24) is 19.9 Å². The fraction of sp³-hybridized carbons (Fsp3) is 0.269. The molecule has 0 unspecified atom stereocenters. The van der Waals surface area contributed by atoms with Crippen LogP contribution in [0, 0.1) is 0 Å². The van der Waals surface area contributed by atoms with Gasteiger partial charge in [0.2, 0.25) is 5.43 Å². The second-order valence-electron chi connectivity index (χ2n) is 8.38. The van der Waals surface area contributed by atoms with Crippen molar-refractivity contribution in [1.29, 1.82) is 0 Å². The van der Waals surface area contributed by atoms with Gasteiger partial charge in [0.25, 0.3) is 0 Å². The lowest BCUT2D eigenvalue weighted by atomic mass is 9.99. The van der Waals surface area contributed by atoms with Crippen molar-refractivity contribution < 1.29 is 32.6 Å². The van der Waals surface area contributed by atoms with E-state index in [-0.39, 0.29) is 47.1 Å². The summed E-state index contributed by atoms with van der Waals surface area (Å²) in [6.45, 7) is 3.55. The van der Waals surface area contributed by atoms with E-state index in [0.717, 1.165) is 16.7 Å². The largest absolute Gasteiger partial charge is 0.462 e. The van der Waals surface area contributed by atoms with Gasteiger partial charge < -0.3 is 19.7 Å². The number of thiazole rings is 1. The molecule has 0 atom stereocenters. The van der Waals surface area contributed by atoms with Gasteiger partial charge in [-0.3, -0.25) is 10.1 Å². The minimum Gasteiger partial charge on any atom is -0.462 e. The molecule has 0 aliphatic heterocycles. The minimum absolute atomic E-state index is 0.0155. The quantitative estimate of drug-likeness (QED) is 0.263. The van der Waals surface area contributed by atoms with E-state index < -0.39 is 29.3 Å². The molecule has 0 radical (unpaired) electrons. The van der Waals surface area contributed by atoms with Gasteiger partial charge in [0.15, 0.2) is 5.69 Å². The molecule has 0 aliphatic rings. The Morgan fingerprint density at radius 3 is 2.60 bits per heavy atom. The van der Waals surface area contributed by atoms with Crippen molar-refractivity contribution in [3.63, 3.8) is 0 Å². The fourth-order valence-corrected chi connectivity index (χ4v) is 4.85. The number of nitrogens with one attached hydrogen (secondary N) is 2. The zero-order valence-electron chi connectivity index (χ0n) is 21.3. The van der Waals surface area contributed by atoms with Crippen LogP contribution in [-0.2, 0) is 17.5 Å². The highest BCUT2D eigenvalue weighted by Crippen LogP contribution is 2.39. The summed E-state index contributed by atoms with van der Waals surface area (Å²) in [7, 11) is 0. The number of esters is 1. The average Bonchev–Trinajstić information content (AvgIpc) is 3.42. The zero-order valence-corrected chi connectivity index (χ0v) is 22.2. The Morgan fingerprint density at radius 1 is 1.18 bits per heavy atom. The number of fused-ring (bicyclic) bond motifs is 1. The van der Waals surface area contributed by atoms with Gasteiger partial charge in [-0.15, -0.1) is 11.3 Å². The number of ether oxygens (including phenoxy) is 1. The number of halogens is 3. The number of aromatic nitrogens is 3. The lowest BCUT2D eigenvalue weighted by molar-refractivity contribution is -0.140. The van der Waals surface area contributed by atoms with Gasteiger partial charge in [-0.05, 0) is 37.6 Å². The van der Waals surface area contributed by atoms with E-state index in [2.05, 4.69) is 20.6 Å². The number of alkyl halides is 3. The highest BCUT2D eigenvalue weighted by atomic mass is 32.1.